The lowest BCUT2D eigenvalue weighted by molar-refractivity contribution is -0.126. The van der Waals surface area contributed by atoms with Gasteiger partial charge in [0.25, 0.3) is 0 Å². The molecule has 3 fully saturated rings. The van der Waals surface area contributed by atoms with E-state index in [0.29, 0.717) is 48.0 Å². The van der Waals surface area contributed by atoms with Gasteiger partial charge >= 0.3 is 0 Å². The summed E-state index contributed by atoms with van der Waals surface area (Å²) in [6.07, 6.45) is 6.39. The Morgan fingerprint density at radius 1 is 1.03 bits per heavy atom. The number of amides is 2. The molecular weight excluding hydrogens is 410 g/mol. The molecule has 8 heteroatoms. The van der Waals surface area contributed by atoms with Crippen LogP contribution < -0.4 is 24.4 Å². The second-order valence-corrected chi connectivity index (χ2v) is 9.04. The van der Waals surface area contributed by atoms with Crippen molar-refractivity contribution in [2.75, 3.05) is 52.4 Å². The Labute approximate surface area is 190 Å². The SMILES string of the molecule is COc1cc(N2C[C@@H](C(=O)NC[C@@H]3CCCN4CCCC[C@H]34)CC2=O)cc(OC)c1OC. The van der Waals surface area contributed by atoms with Gasteiger partial charge in [0.05, 0.1) is 32.9 Å². The monoisotopic (exact) mass is 445 g/mol. The van der Waals surface area contributed by atoms with Crippen molar-refractivity contribution in [2.45, 2.75) is 44.6 Å². The fourth-order valence-electron chi connectivity index (χ4n) is 5.55. The summed E-state index contributed by atoms with van der Waals surface area (Å²) < 4.78 is 16.2. The van der Waals surface area contributed by atoms with Gasteiger partial charge in [-0.3, -0.25) is 9.59 Å². The molecule has 0 unspecified atom stereocenters. The lowest BCUT2D eigenvalue weighted by Gasteiger charge is -2.44. The van der Waals surface area contributed by atoms with E-state index in [1.165, 1.54) is 45.2 Å². The summed E-state index contributed by atoms with van der Waals surface area (Å²) in [6.45, 7) is 3.43. The summed E-state index contributed by atoms with van der Waals surface area (Å²) in [6, 6.07) is 4.09. The first kappa shape index (κ1) is 22.7. The van der Waals surface area contributed by atoms with Crippen LogP contribution in [0.1, 0.15) is 38.5 Å². The molecule has 0 aliphatic carbocycles. The molecule has 32 heavy (non-hydrogen) atoms. The zero-order valence-corrected chi connectivity index (χ0v) is 19.4. The number of rotatable bonds is 7. The third kappa shape index (κ3) is 4.51. The third-order valence-corrected chi connectivity index (χ3v) is 7.22. The van der Waals surface area contributed by atoms with E-state index in [1.54, 1.807) is 38.4 Å². The van der Waals surface area contributed by atoms with Crippen molar-refractivity contribution in [3.8, 4) is 17.2 Å². The zero-order valence-electron chi connectivity index (χ0n) is 19.4. The van der Waals surface area contributed by atoms with Crippen LogP contribution in [0.15, 0.2) is 12.1 Å². The lowest BCUT2D eigenvalue weighted by Crippen LogP contribution is -2.51. The fourth-order valence-corrected chi connectivity index (χ4v) is 5.55. The minimum Gasteiger partial charge on any atom is -0.493 e. The molecule has 3 atom stereocenters. The van der Waals surface area contributed by atoms with Crippen molar-refractivity contribution in [1.29, 1.82) is 0 Å². The minimum atomic E-state index is -0.354. The van der Waals surface area contributed by atoms with E-state index in [-0.39, 0.29) is 24.2 Å². The van der Waals surface area contributed by atoms with Gasteiger partial charge in [0.1, 0.15) is 0 Å². The van der Waals surface area contributed by atoms with Crippen molar-refractivity contribution in [1.82, 2.24) is 10.2 Å². The average Bonchev–Trinajstić information content (AvgIpc) is 3.23. The van der Waals surface area contributed by atoms with Gasteiger partial charge in [-0.05, 0) is 44.7 Å². The number of hydrogen-bond acceptors (Lipinski definition) is 6. The van der Waals surface area contributed by atoms with Crippen LogP contribution in [0.3, 0.4) is 0 Å². The van der Waals surface area contributed by atoms with E-state index in [9.17, 15) is 9.59 Å². The number of piperidine rings is 2. The van der Waals surface area contributed by atoms with Crippen LogP contribution in [0.5, 0.6) is 17.2 Å². The Hall–Kier alpha value is -2.48. The number of fused-ring (bicyclic) bond motifs is 1. The number of methoxy groups -OCH3 is 3. The highest BCUT2D eigenvalue weighted by Crippen LogP contribution is 2.42. The Kier molecular flexibility index (Phi) is 7.08. The summed E-state index contributed by atoms with van der Waals surface area (Å²) in [5.41, 5.74) is 0.643. The number of ether oxygens (including phenoxy) is 3. The summed E-state index contributed by atoms with van der Waals surface area (Å²) in [5, 5.41) is 3.17. The highest BCUT2D eigenvalue weighted by molar-refractivity contribution is 6.00. The number of anilines is 1. The highest BCUT2D eigenvalue weighted by Gasteiger charge is 2.37. The first-order chi connectivity index (χ1) is 15.5. The molecule has 3 saturated heterocycles. The average molecular weight is 446 g/mol. The van der Waals surface area contributed by atoms with E-state index < -0.39 is 0 Å². The van der Waals surface area contributed by atoms with Crippen LogP contribution in [0.2, 0.25) is 0 Å². The van der Waals surface area contributed by atoms with Crippen LogP contribution in [0, 0.1) is 11.8 Å². The molecule has 4 rings (SSSR count). The van der Waals surface area contributed by atoms with Gasteiger partial charge in [0.2, 0.25) is 17.6 Å². The number of carbonyl (C=O) groups is 2. The largest absolute Gasteiger partial charge is 0.493 e. The normalized spacial score (nSPS) is 25.9. The van der Waals surface area contributed by atoms with Crippen LogP contribution in [0.25, 0.3) is 0 Å². The molecule has 0 bridgehead atoms. The summed E-state index contributed by atoms with van der Waals surface area (Å²) in [7, 11) is 4.63. The highest BCUT2D eigenvalue weighted by atomic mass is 16.5. The van der Waals surface area contributed by atoms with E-state index in [1.807, 2.05) is 0 Å². The predicted molar refractivity (Wildman–Crippen MR) is 122 cm³/mol. The first-order valence-electron chi connectivity index (χ1n) is 11.7. The standard InChI is InChI=1S/C24H35N3O5/c1-30-20-12-18(13-21(31-2)23(20)32-3)27-15-17(11-22(27)28)24(29)25-14-16-7-6-10-26-9-5-4-8-19(16)26/h12-13,16-17,19H,4-11,14-15H2,1-3H3,(H,25,29)/t16-,17-,19+/m0/s1. The molecule has 1 aromatic rings. The van der Waals surface area contributed by atoms with Gasteiger partial charge in [-0.1, -0.05) is 6.42 Å². The number of nitrogens with one attached hydrogen (secondary N) is 1. The number of benzene rings is 1. The maximum absolute atomic E-state index is 12.9. The van der Waals surface area contributed by atoms with Crippen molar-refractivity contribution >= 4 is 17.5 Å². The van der Waals surface area contributed by atoms with Crippen LogP contribution in [-0.2, 0) is 9.59 Å². The Morgan fingerprint density at radius 3 is 2.44 bits per heavy atom. The second-order valence-electron chi connectivity index (χ2n) is 9.04. The molecule has 1 aromatic carbocycles. The Balaban J connectivity index is 1.39. The smallest absolute Gasteiger partial charge is 0.227 e. The molecule has 0 aromatic heterocycles. The summed E-state index contributed by atoms with van der Waals surface area (Å²) in [4.78, 5) is 30.0. The first-order valence-corrected chi connectivity index (χ1v) is 11.7. The predicted octanol–water partition coefficient (Wildman–Crippen LogP) is 2.45. The van der Waals surface area contributed by atoms with Gasteiger partial charge in [-0.25, -0.2) is 0 Å². The van der Waals surface area contributed by atoms with Crippen molar-refractivity contribution in [3.05, 3.63) is 12.1 Å². The van der Waals surface area contributed by atoms with Crippen molar-refractivity contribution in [2.24, 2.45) is 11.8 Å². The number of nitrogens with zero attached hydrogens (tertiary/aromatic N) is 2. The van der Waals surface area contributed by atoms with Gasteiger partial charge in [-0.2, -0.15) is 0 Å². The van der Waals surface area contributed by atoms with E-state index >= 15 is 0 Å². The van der Waals surface area contributed by atoms with Gasteiger partial charge in [0, 0.05) is 37.7 Å². The maximum atomic E-state index is 12.9. The molecule has 1 N–H and O–H groups in total. The Bertz CT molecular complexity index is 818. The zero-order chi connectivity index (χ0) is 22.7. The van der Waals surface area contributed by atoms with Crippen LogP contribution in [-0.4, -0.2) is 70.3 Å². The molecule has 0 saturated carbocycles. The number of carbonyl (C=O) groups excluding carboxylic acids is 2. The summed E-state index contributed by atoms with van der Waals surface area (Å²) >= 11 is 0. The minimum absolute atomic E-state index is 0.0266. The molecule has 3 aliphatic rings. The molecule has 0 radical (unpaired) electrons. The Morgan fingerprint density at radius 2 is 1.75 bits per heavy atom. The number of hydrogen-bond donors (Lipinski definition) is 1. The quantitative estimate of drug-likeness (QED) is 0.695. The van der Waals surface area contributed by atoms with E-state index in [0.717, 1.165) is 0 Å². The van der Waals surface area contributed by atoms with Gasteiger partial charge in [0.15, 0.2) is 11.5 Å². The van der Waals surface area contributed by atoms with Crippen molar-refractivity contribution < 1.29 is 23.8 Å². The maximum Gasteiger partial charge on any atom is 0.227 e. The van der Waals surface area contributed by atoms with Crippen molar-refractivity contribution in [3.63, 3.8) is 0 Å². The van der Waals surface area contributed by atoms with Crippen LogP contribution >= 0.6 is 0 Å². The topological polar surface area (TPSA) is 80.3 Å². The molecule has 2 amide bonds. The van der Waals surface area contributed by atoms with Gasteiger partial charge < -0.3 is 29.3 Å². The fraction of sp³-hybridized carbons (Fsp3) is 0.667. The molecule has 176 valence electrons. The molecular formula is C24H35N3O5. The lowest BCUT2D eigenvalue weighted by atomic mass is 9.83. The molecule has 8 nitrogen and oxygen atoms in total. The third-order valence-electron chi connectivity index (χ3n) is 7.22. The summed E-state index contributed by atoms with van der Waals surface area (Å²) in [5.74, 6) is 1.50. The molecule has 3 heterocycles. The second kappa shape index (κ2) is 9.98. The van der Waals surface area contributed by atoms with E-state index in [2.05, 4.69) is 10.2 Å². The molecule has 0 spiro atoms. The van der Waals surface area contributed by atoms with Crippen LogP contribution in [0.4, 0.5) is 5.69 Å². The molecule has 3 aliphatic heterocycles. The van der Waals surface area contributed by atoms with E-state index in [4.69, 9.17) is 14.2 Å². The van der Waals surface area contributed by atoms with Gasteiger partial charge in [-0.15, -0.1) is 0 Å².